The maximum absolute atomic E-state index is 15.7. The topological polar surface area (TPSA) is 76.5 Å². The highest BCUT2D eigenvalue weighted by atomic mass is 79.9. The zero-order valence-electron chi connectivity index (χ0n) is 20.0. The molecule has 0 saturated heterocycles. The fourth-order valence-corrected chi connectivity index (χ4v) is 7.44. The number of aryl methyl sites for hydroxylation is 1. The van der Waals surface area contributed by atoms with Gasteiger partial charge in [-0.2, -0.15) is 5.26 Å². The van der Waals surface area contributed by atoms with Crippen LogP contribution in [0, 0.1) is 29.0 Å². The van der Waals surface area contributed by atoms with Crippen molar-refractivity contribution in [3.8, 4) is 6.07 Å². The van der Waals surface area contributed by atoms with Gasteiger partial charge in [0.15, 0.2) is 5.82 Å². The second-order valence-corrected chi connectivity index (χ2v) is 11.5. The van der Waals surface area contributed by atoms with E-state index < -0.39 is 0 Å². The van der Waals surface area contributed by atoms with Crippen molar-refractivity contribution < 1.29 is 4.39 Å². The van der Waals surface area contributed by atoms with Crippen LogP contribution in [0.25, 0.3) is 21.8 Å². The quantitative estimate of drug-likeness (QED) is 0.252. The van der Waals surface area contributed by atoms with E-state index in [4.69, 9.17) is 10.2 Å². The van der Waals surface area contributed by atoms with Gasteiger partial charge in [-0.05, 0) is 84.3 Å². The summed E-state index contributed by atoms with van der Waals surface area (Å²) in [5.41, 5.74) is 2.97. The third-order valence-electron chi connectivity index (χ3n) is 8.10. The Morgan fingerprint density at radius 2 is 2.08 bits per heavy atom. The van der Waals surface area contributed by atoms with Crippen molar-refractivity contribution in [2.24, 2.45) is 11.8 Å². The molecule has 36 heavy (non-hydrogen) atoms. The van der Waals surface area contributed by atoms with Crippen LogP contribution in [0.1, 0.15) is 55.9 Å². The second kappa shape index (κ2) is 9.00. The Morgan fingerprint density at radius 3 is 2.75 bits per heavy atom. The SMILES string of the molecule is CSc1nc2c(F)c(Br)c(CCC#N)cc2c2c1cc([C@@H](C)n1ccncc1=O)n2[C@@H]1[C@@H]2CC[C@H]1C2. The lowest BCUT2D eigenvalue weighted by Gasteiger charge is -2.39. The molecular weight excluding hydrogens is 541 g/mol. The summed E-state index contributed by atoms with van der Waals surface area (Å²) in [4.78, 5) is 21.5. The van der Waals surface area contributed by atoms with E-state index >= 15 is 4.39 Å². The average Bonchev–Trinajstić information content (AvgIpc) is 3.61. The summed E-state index contributed by atoms with van der Waals surface area (Å²) in [5, 5.41) is 11.7. The standard InChI is InChI=1S/C27H25BrFN5OS/c1-14(33-9-8-31-13-21(33)35)20-12-19-26(34(20)25-16-5-6-17(25)10-16)18-11-15(4-3-7-30)22(28)23(29)24(18)32-27(19)36-2/h8-9,11-14,16-17,25H,3-6,10H2,1-2H3/t14-,16-,17+,25-/m1/s1. The van der Waals surface area contributed by atoms with Crippen LogP contribution in [0.4, 0.5) is 4.39 Å². The lowest BCUT2D eigenvalue weighted by atomic mass is 9.78. The minimum absolute atomic E-state index is 0.153. The van der Waals surface area contributed by atoms with E-state index in [1.165, 1.54) is 37.2 Å². The minimum atomic E-state index is -0.387. The zero-order chi connectivity index (χ0) is 25.1. The number of nitrogens with zero attached hydrogens (tertiary/aromatic N) is 5. The summed E-state index contributed by atoms with van der Waals surface area (Å²) in [7, 11) is 0. The van der Waals surface area contributed by atoms with E-state index in [1.807, 2.05) is 19.2 Å². The molecule has 0 N–H and O–H groups in total. The molecular formula is C27H25BrFN5OS. The first kappa shape index (κ1) is 23.7. The number of hydrogen-bond donors (Lipinski definition) is 0. The Hall–Kier alpha value is -2.70. The molecule has 3 aromatic heterocycles. The third kappa shape index (κ3) is 3.45. The molecule has 3 aliphatic carbocycles. The predicted molar refractivity (Wildman–Crippen MR) is 143 cm³/mol. The van der Waals surface area contributed by atoms with E-state index in [1.54, 1.807) is 17.0 Å². The van der Waals surface area contributed by atoms with Crippen LogP contribution in [-0.2, 0) is 6.42 Å². The van der Waals surface area contributed by atoms with Crippen LogP contribution >= 0.6 is 27.7 Å². The number of thioether (sulfide) groups is 1. The molecule has 0 radical (unpaired) electrons. The number of rotatable bonds is 6. The Balaban J connectivity index is 1.71. The van der Waals surface area contributed by atoms with Crippen LogP contribution in [0.3, 0.4) is 0 Å². The normalized spacial score (nSPS) is 21.6. The molecule has 0 amide bonds. The smallest absolute Gasteiger partial charge is 0.269 e. The fraction of sp³-hybridized carbons (Fsp3) is 0.407. The van der Waals surface area contributed by atoms with E-state index in [-0.39, 0.29) is 17.4 Å². The number of halogens is 2. The Labute approximate surface area is 220 Å². The first-order valence-electron chi connectivity index (χ1n) is 12.2. The molecule has 4 atom stereocenters. The highest BCUT2D eigenvalue weighted by Crippen LogP contribution is 2.58. The van der Waals surface area contributed by atoms with Gasteiger partial charge in [0.2, 0.25) is 0 Å². The zero-order valence-corrected chi connectivity index (χ0v) is 22.4. The molecule has 6 nitrogen and oxygen atoms in total. The molecule has 0 unspecified atom stereocenters. The summed E-state index contributed by atoms with van der Waals surface area (Å²) in [6.07, 6.45) is 11.1. The molecule has 0 aliphatic heterocycles. The Bertz CT molecular complexity index is 1610. The lowest BCUT2D eigenvalue weighted by molar-refractivity contribution is 0.164. The number of aromatic nitrogens is 4. The second-order valence-electron chi connectivity index (χ2n) is 9.86. The highest BCUT2D eigenvalue weighted by Gasteiger charge is 2.49. The molecule has 2 bridgehead atoms. The van der Waals surface area contributed by atoms with Crippen molar-refractivity contribution in [3.63, 3.8) is 0 Å². The van der Waals surface area contributed by atoms with E-state index in [9.17, 15) is 4.79 Å². The molecule has 3 saturated carbocycles. The van der Waals surface area contributed by atoms with Gasteiger partial charge in [0.25, 0.3) is 5.56 Å². The van der Waals surface area contributed by atoms with Gasteiger partial charge < -0.3 is 9.13 Å². The highest BCUT2D eigenvalue weighted by molar-refractivity contribution is 9.10. The largest absolute Gasteiger partial charge is 0.338 e. The summed E-state index contributed by atoms with van der Waals surface area (Å²) in [6, 6.07) is 6.43. The molecule has 3 aliphatic rings. The van der Waals surface area contributed by atoms with Crippen molar-refractivity contribution in [3.05, 3.63) is 62.6 Å². The molecule has 184 valence electrons. The minimum Gasteiger partial charge on any atom is -0.338 e. The average molecular weight is 566 g/mol. The lowest BCUT2D eigenvalue weighted by Crippen LogP contribution is -2.33. The maximum atomic E-state index is 15.7. The molecule has 3 fully saturated rings. The van der Waals surface area contributed by atoms with E-state index in [2.05, 4.69) is 37.6 Å². The van der Waals surface area contributed by atoms with E-state index in [0.29, 0.717) is 40.7 Å². The van der Waals surface area contributed by atoms with Gasteiger partial charge in [0.05, 0.1) is 28.3 Å². The Morgan fingerprint density at radius 1 is 1.31 bits per heavy atom. The number of fused-ring (bicyclic) bond motifs is 4. The van der Waals surface area contributed by atoms with Gasteiger partial charge in [-0.25, -0.2) is 9.37 Å². The van der Waals surface area contributed by atoms with Crippen LogP contribution in [0.2, 0.25) is 0 Å². The van der Waals surface area contributed by atoms with Crippen molar-refractivity contribution in [2.75, 3.05) is 6.26 Å². The van der Waals surface area contributed by atoms with Gasteiger partial charge in [-0.15, -0.1) is 11.8 Å². The summed E-state index contributed by atoms with van der Waals surface area (Å²) < 4.78 is 20.2. The monoisotopic (exact) mass is 565 g/mol. The molecule has 0 spiro atoms. The van der Waals surface area contributed by atoms with Crippen LogP contribution in [0.5, 0.6) is 0 Å². The number of hydrogen-bond acceptors (Lipinski definition) is 5. The van der Waals surface area contributed by atoms with E-state index in [0.717, 1.165) is 32.6 Å². The van der Waals surface area contributed by atoms with Crippen molar-refractivity contribution >= 4 is 49.5 Å². The molecule has 1 aromatic carbocycles. The number of nitriles is 1. The predicted octanol–water partition coefficient (Wildman–Crippen LogP) is 6.41. The van der Waals surface area contributed by atoms with Crippen molar-refractivity contribution in [2.45, 2.75) is 56.1 Å². The fourth-order valence-electron chi connectivity index (χ4n) is 6.38. The first-order chi connectivity index (χ1) is 17.4. The first-order valence-corrected chi connectivity index (χ1v) is 14.2. The van der Waals surface area contributed by atoms with Crippen LogP contribution in [-0.4, -0.2) is 25.4 Å². The van der Waals surface area contributed by atoms with Crippen LogP contribution < -0.4 is 5.56 Å². The van der Waals surface area contributed by atoms with Gasteiger partial charge in [0, 0.05) is 41.3 Å². The van der Waals surface area contributed by atoms with Crippen molar-refractivity contribution in [1.29, 1.82) is 5.26 Å². The van der Waals surface area contributed by atoms with Crippen LogP contribution in [0.15, 0.2) is 45.0 Å². The van der Waals surface area contributed by atoms with Gasteiger partial charge in [-0.3, -0.25) is 9.78 Å². The molecule has 9 heteroatoms. The molecule has 3 heterocycles. The number of pyridine rings is 1. The number of benzene rings is 1. The molecule has 4 aromatic rings. The summed E-state index contributed by atoms with van der Waals surface area (Å²) >= 11 is 4.93. The third-order valence-corrected chi connectivity index (χ3v) is 9.65. The van der Waals surface area contributed by atoms with Gasteiger partial charge in [0.1, 0.15) is 10.5 Å². The maximum Gasteiger partial charge on any atom is 0.269 e. The molecule has 7 rings (SSSR count). The Kier molecular flexibility index (Phi) is 5.92. The summed E-state index contributed by atoms with van der Waals surface area (Å²) in [6.45, 7) is 2.04. The summed E-state index contributed by atoms with van der Waals surface area (Å²) in [5.74, 6) is 0.789. The van der Waals surface area contributed by atoms with Gasteiger partial charge in [-0.1, -0.05) is 0 Å². The van der Waals surface area contributed by atoms with Crippen molar-refractivity contribution in [1.82, 2.24) is 19.1 Å². The van der Waals surface area contributed by atoms with Gasteiger partial charge >= 0.3 is 0 Å².